The molecule has 1 heterocycles. The van der Waals surface area contributed by atoms with Gasteiger partial charge >= 0.3 is 0 Å². The number of anilines is 1. The summed E-state index contributed by atoms with van der Waals surface area (Å²) in [5, 5.41) is 3.24. The Morgan fingerprint density at radius 3 is 3.05 bits per heavy atom. The van der Waals surface area contributed by atoms with Crippen LogP contribution in [0.15, 0.2) is 24.3 Å². The first-order valence-corrected chi connectivity index (χ1v) is 7.56. The zero-order valence-electron chi connectivity index (χ0n) is 12.4. The zero-order chi connectivity index (χ0) is 14.7. The molecule has 0 radical (unpaired) electrons. The van der Waals surface area contributed by atoms with Gasteiger partial charge in [-0.3, -0.25) is 4.79 Å². The molecule has 5 heteroatoms. The Hall–Kier alpha value is -1.75. The van der Waals surface area contributed by atoms with Crippen molar-refractivity contribution >= 4 is 11.6 Å². The minimum atomic E-state index is -0.465. The molecule has 1 aromatic carbocycles. The number of hydrogen-bond donors (Lipinski definition) is 1. The van der Waals surface area contributed by atoms with Gasteiger partial charge in [-0.05, 0) is 30.9 Å². The summed E-state index contributed by atoms with van der Waals surface area (Å²) in [7, 11) is 1.80. The van der Waals surface area contributed by atoms with Crippen LogP contribution in [0, 0.1) is 5.92 Å². The number of fused-ring (bicyclic) bond motifs is 1. The van der Waals surface area contributed by atoms with Crippen molar-refractivity contribution in [2.75, 3.05) is 38.7 Å². The average molecular weight is 290 g/mol. The summed E-state index contributed by atoms with van der Waals surface area (Å²) in [6, 6.07) is 7.68. The van der Waals surface area contributed by atoms with E-state index in [1.807, 2.05) is 24.3 Å². The van der Waals surface area contributed by atoms with E-state index >= 15 is 0 Å². The largest absolute Gasteiger partial charge is 0.477 e. The van der Waals surface area contributed by atoms with Crippen LogP contribution < -0.4 is 10.1 Å². The van der Waals surface area contributed by atoms with Crippen LogP contribution in [-0.4, -0.2) is 50.3 Å². The summed E-state index contributed by atoms with van der Waals surface area (Å²) < 4.78 is 11.3. The summed E-state index contributed by atoms with van der Waals surface area (Å²) >= 11 is 0. The molecule has 0 aromatic heterocycles. The second kappa shape index (κ2) is 6.35. The number of rotatable bonds is 6. The van der Waals surface area contributed by atoms with E-state index in [1.165, 1.54) is 12.8 Å². The Morgan fingerprint density at radius 2 is 2.24 bits per heavy atom. The lowest BCUT2D eigenvalue weighted by atomic mass is 10.2. The molecule has 1 N–H and O–H groups in total. The van der Waals surface area contributed by atoms with E-state index in [1.54, 1.807) is 11.9 Å². The van der Waals surface area contributed by atoms with Crippen molar-refractivity contribution in [3.63, 3.8) is 0 Å². The minimum Gasteiger partial charge on any atom is -0.477 e. The Kier molecular flexibility index (Phi) is 4.29. The highest BCUT2D eigenvalue weighted by atomic mass is 16.5. The van der Waals surface area contributed by atoms with Gasteiger partial charge in [-0.15, -0.1) is 0 Å². The van der Waals surface area contributed by atoms with Crippen LogP contribution in [0.5, 0.6) is 5.75 Å². The summed E-state index contributed by atoms with van der Waals surface area (Å²) in [6.07, 6.45) is 2.11. The van der Waals surface area contributed by atoms with Gasteiger partial charge in [0.25, 0.3) is 5.91 Å². The monoisotopic (exact) mass is 290 g/mol. The van der Waals surface area contributed by atoms with Crippen molar-refractivity contribution < 1.29 is 14.3 Å². The molecule has 1 saturated carbocycles. The molecule has 114 valence electrons. The number of nitrogens with one attached hydrogen (secondary N) is 1. The van der Waals surface area contributed by atoms with Crippen molar-refractivity contribution in [1.82, 2.24) is 4.90 Å². The second-order valence-electron chi connectivity index (χ2n) is 5.76. The van der Waals surface area contributed by atoms with Crippen molar-refractivity contribution in [3.05, 3.63) is 24.3 Å². The Labute approximate surface area is 125 Å². The van der Waals surface area contributed by atoms with Crippen LogP contribution in [0.1, 0.15) is 12.8 Å². The molecule has 1 fully saturated rings. The molecule has 2 aliphatic rings. The van der Waals surface area contributed by atoms with Crippen LogP contribution in [0.4, 0.5) is 5.69 Å². The third-order valence-electron chi connectivity index (χ3n) is 3.91. The molecule has 0 saturated heterocycles. The Balaban J connectivity index is 1.46. The number of likely N-dealkylation sites (N-methyl/N-ethyl adjacent to an activating group) is 1. The Bertz CT molecular complexity index is 502. The Morgan fingerprint density at radius 1 is 1.43 bits per heavy atom. The van der Waals surface area contributed by atoms with Crippen molar-refractivity contribution in [1.29, 1.82) is 0 Å². The molecule has 1 aromatic rings. The van der Waals surface area contributed by atoms with Gasteiger partial charge < -0.3 is 19.7 Å². The third-order valence-corrected chi connectivity index (χ3v) is 3.91. The van der Waals surface area contributed by atoms with Crippen LogP contribution in [0.25, 0.3) is 0 Å². The molecule has 1 unspecified atom stereocenters. The summed E-state index contributed by atoms with van der Waals surface area (Å²) in [5.74, 6) is 1.49. The number of amides is 1. The van der Waals surface area contributed by atoms with E-state index in [0.29, 0.717) is 19.7 Å². The molecule has 1 aliphatic carbocycles. The predicted molar refractivity (Wildman–Crippen MR) is 80.5 cm³/mol. The smallest absolute Gasteiger partial charge is 0.265 e. The van der Waals surface area contributed by atoms with Gasteiger partial charge in [-0.25, -0.2) is 0 Å². The number of benzene rings is 1. The van der Waals surface area contributed by atoms with Crippen molar-refractivity contribution in [2.45, 2.75) is 18.9 Å². The first kappa shape index (κ1) is 14.2. The molecule has 0 bridgehead atoms. The summed E-state index contributed by atoms with van der Waals surface area (Å²) in [4.78, 5) is 14.0. The maximum absolute atomic E-state index is 12.4. The van der Waals surface area contributed by atoms with E-state index in [2.05, 4.69) is 5.32 Å². The second-order valence-corrected chi connectivity index (χ2v) is 5.76. The molecule has 3 rings (SSSR count). The lowest BCUT2D eigenvalue weighted by Gasteiger charge is -2.29. The summed E-state index contributed by atoms with van der Waals surface area (Å²) in [6.45, 7) is 2.53. The maximum Gasteiger partial charge on any atom is 0.265 e. The van der Waals surface area contributed by atoms with Gasteiger partial charge in [0.15, 0.2) is 6.10 Å². The number of carbonyl (C=O) groups excluding carboxylic acids is 1. The molecule has 5 nitrogen and oxygen atoms in total. The van der Waals surface area contributed by atoms with E-state index in [0.717, 1.165) is 24.0 Å². The van der Waals surface area contributed by atoms with Crippen LogP contribution >= 0.6 is 0 Å². The highest BCUT2D eigenvalue weighted by Crippen LogP contribution is 2.29. The van der Waals surface area contributed by atoms with Crippen LogP contribution in [0.3, 0.4) is 0 Å². The first-order valence-electron chi connectivity index (χ1n) is 7.56. The lowest BCUT2D eigenvalue weighted by Crippen LogP contribution is -2.46. The fourth-order valence-electron chi connectivity index (χ4n) is 2.34. The van der Waals surface area contributed by atoms with Gasteiger partial charge in [-0.2, -0.15) is 0 Å². The topological polar surface area (TPSA) is 50.8 Å². The lowest BCUT2D eigenvalue weighted by molar-refractivity contribution is -0.137. The van der Waals surface area contributed by atoms with E-state index in [9.17, 15) is 4.79 Å². The minimum absolute atomic E-state index is 0.00738. The molecular weight excluding hydrogens is 268 g/mol. The number of nitrogens with zero attached hydrogens (tertiary/aromatic N) is 1. The van der Waals surface area contributed by atoms with Gasteiger partial charge in [0.2, 0.25) is 0 Å². The molecule has 1 atom stereocenters. The van der Waals surface area contributed by atoms with E-state index in [4.69, 9.17) is 9.47 Å². The number of para-hydroxylation sites is 2. The molecule has 1 aliphatic heterocycles. The van der Waals surface area contributed by atoms with Crippen LogP contribution in [0.2, 0.25) is 0 Å². The quantitative estimate of drug-likeness (QED) is 0.811. The van der Waals surface area contributed by atoms with Gasteiger partial charge in [0, 0.05) is 20.2 Å². The predicted octanol–water partition coefficient (Wildman–Crippen LogP) is 1.74. The van der Waals surface area contributed by atoms with Gasteiger partial charge in [0.05, 0.1) is 18.8 Å². The molecule has 0 spiro atoms. The first-order chi connectivity index (χ1) is 10.2. The highest BCUT2D eigenvalue weighted by molar-refractivity contribution is 5.83. The normalized spacial score (nSPS) is 20.1. The highest BCUT2D eigenvalue weighted by Gasteiger charge is 2.28. The summed E-state index contributed by atoms with van der Waals surface area (Å²) in [5.41, 5.74) is 0.942. The number of carbonyl (C=O) groups is 1. The van der Waals surface area contributed by atoms with E-state index < -0.39 is 6.10 Å². The van der Waals surface area contributed by atoms with Gasteiger partial charge in [-0.1, -0.05) is 12.1 Å². The fraction of sp³-hybridized carbons (Fsp3) is 0.562. The molecule has 1 amide bonds. The SMILES string of the molecule is CN(CCOCC1CC1)C(=O)C1CNc2ccccc2O1. The standard InChI is InChI=1S/C16H22N2O3/c1-18(8-9-20-11-12-6-7-12)16(19)15-10-17-13-4-2-3-5-14(13)21-15/h2-5,12,15,17H,6-11H2,1H3. The maximum atomic E-state index is 12.4. The van der Waals surface area contributed by atoms with Crippen molar-refractivity contribution in [2.24, 2.45) is 5.92 Å². The zero-order valence-corrected chi connectivity index (χ0v) is 12.4. The average Bonchev–Trinajstić information content (AvgIpc) is 3.34. The number of hydrogen-bond acceptors (Lipinski definition) is 4. The fourth-order valence-corrected chi connectivity index (χ4v) is 2.34. The molecular formula is C16H22N2O3. The van der Waals surface area contributed by atoms with Crippen LogP contribution in [-0.2, 0) is 9.53 Å². The van der Waals surface area contributed by atoms with E-state index in [-0.39, 0.29) is 5.91 Å². The number of ether oxygens (including phenoxy) is 2. The third kappa shape index (κ3) is 3.67. The molecule has 21 heavy (non-hydrogen) atoms. The van der Waals surface area contributed by atoms with Gasteiger partial charge in [0.1, 0.15) is 5.75 Å². The van der Waals surface area contributed by atoms with Crippen molar-refractivity contribution in [3.8, 4) is 5.75 Å².